The van der Waals surface area contributed by atoms with Crippen molar-refractivity contribution >= 4 is 17.7 Å². The number of amides is 3. The molecule has 0 spiro atoms. The van der Waals surface area contributed by atoms with Crippen molar-refractivity contribution in [1.82, 2.24) is 15.5 Å². The number of hydrogen-bond acceptors (Lipinski definition) is 5. The first-order valence-corrected chi connectivity index (χ1v) is 9.37. The summed E-state index contributed by atoms with van der Waals surface area (Å²) in [5, 5.41) is 5.36. The van der Waals surface area contributed by atoms with Crippen LogP contribution < -0.4 is 16.4 Å². The van der Waals surface area contributed by atoms with E-state index >= 15 is 0 Å². The first-order valence-electron chi connectivity index (χ1n) is 9.37. The standard InChI is InChI=1S/C19H22F2N4O3/c20-19(21)6-13(22)14(7-19)23-8-10-1-2-12-11(5-10)9-25(18(12)28)15-3-4-16(26)24-17(15)27/h1-2,5,13-15,23H,3-4,6-9,22H2,(H,24,26,27)/t13-,14+,15?/m1/s1. The van der Waals surface area contributed by atoms with E-state index in [9.17, 15) is 23.2 Å². The Balaban J connectivity index is 1.43. The third-order valence-corrected chi connectivity index (χ3v) is 5.73. The molecule has 1 aliphatic carbocycles. The molecule has 1 saturated carbocycles. The molecular weight excluding hydrogens is 370 g/mol. The van der Waals surface area contributed by atoms with Crippen molar-refractivity contribution in [3.8, 4) is 0 Å². The molecule has 0 radical (unpaired) electrons. The minimum Gasteiger partial charge on any atom is -0.326 e. The van der Waals surface area contributed by atoms with Gasteiger partial charge in [0.1, 0.15) is 6.04 Å². The number of nitrogens with two attached hydrogens (primary N) is 1. The SMILES string of the molecule is N[C@@H]1CC(F)(F)C[C@@H]1NCc1ccc2c(c1)CN(C1CCC(=O)NC1=O)C2=O. The number of imide groups is 1. The van der Waals surface area contributed by atoms with E-state index in [1.54, 1.807) is 12.1 Å². The summed E-state index contributed by atoms with van der Waals surface area (Å²) in [7, 11) is 0. The molecular formula is C19H22F2N4O3. The number of alkyl halides is 2. The molecule has 3 atom stereocenters. The van der Waals surface area contributed by atoms with Gasteiger partial charge in [0.2, 0.25) is 11.8 Å². The van der Waals surface area contributed by atoms with Gasteiger partial charge in [0, 0.05) is 50.0 Å². The Morgan fingerprint density at radius 1 is 1.25 bits per heavy atom. The van der Waals surface area contributed by atoms with Crippen LogP contribution in [0.3, 0.4) is 0 Å². The first kappa shape index (κ1) is 18.9. The summed E-state index contributed by atoms with van der Waals surface area (Å²) in [6, 6.07) is 3.63. The molecule has 3 amide bonds. The molecule has 1 unspecified atom stereocenters. The molecule has 0 bridgehead atoms. The second-order valence-electron chi connectivity index (χ2n) is 7.81. The lowest BCUT2D eigenvalue weighted by atomic mass is 10.0. The number of carbonyl (C=O) groups excluding carboxylic acids is 3. The minimum absolute atomic E-state index is 0.206. The number of halogens is 2. The molecule has 4 rings (SSSR count). The summed E-state index contributed by atoms with van der Waals surface area (Å²) in [6.45, 7) is 0.656. The van der Waals surface area contributed by atoms with Gasteiger partial charge in [0.05, 0.1) is 0 Å². The van der Waals surface area contributed by atoms with Crippen LogP contribution >= 0.6 is 0 Å². The summed E-state index contributed by atoms with van der Waals surface area (Å²) in [6.07, 6.45) is -0.0737. The van der Waals surface area contributed by atoms with Gasteiger partial charge < -0.3 is 16.0 Å². The van der Waals surface area contributed by atoms with Crippen LogP contribution in [0.1, 0.15) is 47.2 Å². The van der Waals surface area contributed by atoms with E-state index in [0.29, 0.717) is 18.5 Å². The highest BCUT2D eigenvalue weighted by Crippen LogP contribution is 2.34. The van der Waals surface area contributed by atoms with Crippen LogP contribution in [0.4, 0.5) is 8.78 Å². The smallest absolute Gasteiger partial charge is 0.255 e. The third kappa shape index (κ3) is 3.51. The highest BCUT2D eigenvalue weighted by atomic mass is 19.3. The zero-order chi connectivity index (χ0) is 20.1. The third-order valence-electron chi connectivity index (χ3n) is 5.73. The van der Waals surface area contributed by atoms with Gasteiger partial charge in [-0.15, -0.1) is 0 Å². The molecule has 0 aromatic heterocycles. The normalized spacial score (nSPS) is 29.2. The molecule has 2 heterocycles. The number of nitrogens with one attached hydrogen (secondary N) is 2. The molecule has 1 aromatic carbocycles. The van der Waals surface area contributed by atoms with Crippen LogP contribution in [0, 0.1) is 0 Å². The van der Waals surface area contributed by atoms with Gasteiger partial charge in [-0.2, -0.15) is 0 Å². The van der Waals surface area contributed by atoms with Gasteiger partial charge in [0.15, 0.2) is 0 Å². The van der Waals surface area contributed by atoms with Crippen LogP contribution in [0.15, 0.2) is 18.2 Å². The fraction of sp³-hybridized carbons (Fsp3) is 0.526. The van der Waals surface area contributed by atoms with E-state index < -0.39 is 30.0 Å². The first-order chi connectivity index (χ1) is 13.2. The number of carbonyl (C=O) groups is 3. The number of hydrogen-bond donors (Lipinski definition) is 3. The fourth-order valence-corrected chi connectivity index (χ4v) is 4.25. The summed E-state index contributed by atoms with van der Waals surface area (Å²) in [5.74, 6) is -3.74. The van der Waals surface area contributed by atoms with Gasteiger partial charge >= 0.3 is 0 Å². The minimum atomic E-state index is -2.73. The lowest BCUT2D eigenvalue weighted by Crippen LogP contribution is -2.52. The Kier molecular flexibility index (Phi) is 4.67. The molecule has 7 nitrogen and oxygen atoms in total. The molecule has 150 valence electrons. The Labute approximate surface area is 160 Å². The van der Waals surface area contributed by atoms with E-state index in [4.69, 9.17) is 5.73 Å². The van der Waals surface area contributed by atoms with Crippen LogP contribution in [0.5, 0.6) is 0 Å². The Bertz CT molecular complexity index is 844. The molecule has 2 aliphatic heterocycles. The monoisotopic (exact) mass is 392 g/mol. The predicted octanol–water partition coefficient (Wildman–Crippen LogP) is 0.662. The zero-order valence-electron chi connectivity index (χ0n) is 15.2. The number of rotatable bonds is 4. The maximum absolute atomic E-state index is 13.5. The molecule has 9 heteroatoms. The van der Waals surface area contributed by atoms with Crippen molar-refractivity contribution in [2.75, 3.05) is 0 Å². The Morgan fingerprint density at radius 3 is 2.71 bits per heavy atom. The van der Waals surface area contributed by atoms with Crippen molar-refractivity contribution in [1.29, 1.82) is 0 Å². The quantitative estimate of drug-likeness (QED) is 0.653. The average Bonchev–Trinajstić information content (AvgIpc) is 3.08. The lowest BCUT2D eigenvalue weighted by molar-refractivity contribution is -0.136. The van der Waals surface area contributed by atoms with E-state index in [2.05, 4.69) is 10.6 Å². The zero-order valence-corrected chi connectivity index (χ0v) is 15.2. The second-order valence-corrected chi connectivity index (χ2v) is 7.81. The Hall–Kier alpha value is -2.39. The number of fused-ring (bicyclic) bond motifs is 1. The topological polar surface area (TPSA) is 105 Å². The fourth-order valence-electron chi connectivity index (χ4n) is 4.25. The number of nitrogens with zero attached hydrogens (tertiary/aromatic N) is 1. The number of benzene rings is 1. The van der Waals surface area contributed by atoms with E-state index in [1.807, 2.05) is 6.07 Å². The van der Waals surface area contributed by atoms with Crippen molar-refractivity contribution in [2.45, 2.75) is 62.8 Å². The predicted molar refractivity (Wildman–Crippen MR) is 95.3 cm³/mol. The van der Waals surface area contributed by atoms with Crippen molar-refractivity contribution in [2.24, 2.45) is 5.73 Å². The van der Waals surface area contributed by atoms with E-state index in [1.165, 1.54) is 4.90 Å². The second kappa shape index (κ2) is 6.89. The lowest BCUT2D eigenvalue weighted by Gasteiger charge is -2.29. The summed E-state index contributed by atoms with van der Waals surface area (Å²) in [5.41, 5.74) is 7.97. The van der Waals surface area contributed by atoms with Crippen molar-refractivity contribution in [3.63, 3.8) is 0 Å². The van der Waals surface area contributed by atoms with Crippen LogP contribution in [-0.2, 0) is 22.7 Å². The summed E-state index contributed by atoms with van der Waals surface area (Å²) < 4.78 is 26.9. The summed E-state index contributed by atoms with van der Waals surface area (Å²) >= 11 is 0. The molecule has 3 aliphatic rings. The van der Waals surface area contributed by atoms with Gasteiger partial charge in [-0.25, -0.2) is 8.78 Å². The van der Waals surface area contributed by atoms with Crippen LogP contribution in [0.2, 0.25) is 0 Å². The van der Waals surface area contributed by atoms with Gasteiger partial charge in [-0.1, -0.05) is 12.1 Å². The Morgan fingerprint density at radius 2 is 2.04 bits per heavy atom. The highest BCUT2D eigenvalue weighted by Gasteiger charge is 2.44. The molecule has 4 N–H and O–H groups in total. The van der Waals surface area contributed by atoms with Crippen LogP contribution in [-0.4, -0.2) is 46.7 Å². The van der Waals surface area contributed by atoms with Crippen molar-refractivity contribution in [3.05, 3.63) is 34.9 Å². The summed E-state index contributed by atoms with van der Waals surface area (Å²) in [4.78, 5) is 37.5. The number of piperidine rings is 1. The molecule has 28 heavy (non-hydrogen) atoms. The molecule has 1 saturated heterocycles. The van der Waals surface area contributed by atoms with Crippen LogP contribution in [0.25, 0.3) is 0 Å². The average molecular weight is 392 g/mol. The largest absolute Gasteiger partial charge is 0.326 e. The maximum Gasteiger partial charge on any atom is 0.255 e. The molecule has 2 fully saturated rings. The van der Waals surface area contributed by atoms with Crippen molar-refractivity contribution < 1.29 is 23.2 Å². The van der Waals surface area contributed by atoms with E-state index in [0.717, 1.165) is 11.1 Å². The molecule has 1 aromatic rings. The van der Waals surface area contributed by atoms with E-state index in [-0.39, 0.29) is 37.6 Å². The van der Waals surface area contributed by atoms with Gasteiger partial charge in [0.25, 0.3) is 11.8 Å². The highest BCUT2D eigenvalue weighted by molar-refractivity contribution is 6.05. The van der Waals surface area contributed by atoms with Gasteiger partial charge in [-0.05, 0) is 23.6 Å². The maximum atomic E-state index is 13.5. The van der Waals surface area contributed by atoms with Gasteiger partial charge in [-0.3, -0.25) is 19.7 Å².